The highest BCUT2D eigenvalue weighted by molar-refractivity contribution is 7.89. The van der Waals surface area contributed by atoms with E-state index < -0.39 is 15.4 Å². The molecule has 0 atom stereocenters. The highest BCUT2D eigenvalue weighted by Gasteiger charge is 2.39. The van der Waals surface area contributed by atoms with Gasteiger partial charge in [0.15, 0.2) is 0 Å². The van der Waals surface area contributed by atoms with Gasteiger partial charge >= 0.3 is 0 Å². The van der Waals surface area contributed by atoms with E-state index in [-0.39, 0.29) is 11.4 Å². The number of hydrogen-bond donors (Lipinski definition) is 1. The number of nitrogens with one attached hydrogen (secondary N) is 1. The maximum absolute atomic E-state index is 13.2. The molecule has 5 nitrogen and oxygen atoms in total. The number of rotatable bonds is 10. The highest BCUT2D eigenvalue weighted by atomic mass is 32.2. The van der Waals surface area contributed by atoms with Gasteiger partial charge in [-0.2, -0.15) is 0 Å². The fourth-order valence-corrected chi connectivity index (χ4v) is 5.07. The molecule has 0 unspecified atom stereocenters. The lowest BCUT2D eigenvalue weighted by atomic mass is 9.71. The summed E-state index contributed by atoms with van der Waals surface area (Å²) >= 11 is 0. The zero-order valence-electron chi connectivity index (χ0n) is 18.7. The fraction of sp³-hybridized carbons (Fsp3) is 0.231. The van der Waals surface area contributed by atoms with Crippen LogP contribution in [0.1, 0.15) is 23.1 Å². The molecule has 168 valence electrons. The third-order valence-corrected chi connectivity index (χ3v) is 7.05. The van der Waals surface area contributed by atoms with E-state index in [1.54, 1.807) is 44.6 Å². The number of allylic oxidation sites excluding steroid dienone is 1. The zero-order chi connectivity index (χ0) is 23.2. The molecule has 0 aliphatic rings. The Bertz CT molecular complexity index is 1120. The average Bonchev–Trinajstić information content (AvgIpc) is 2.82. The van der Waals surface area contributed by atoms with Crippen LogP contribution in [-0.2, 0) is 15.4 Å². The van der Waals surface area contributed by atoms with Crippen molar-refractivity contribution in [1.82, 2.24) is 4.72 Å². The van der Waals surface area contributed by atoms with Crippen LogP contribution >= 0.6 is 0 Å². The van der Waals surface area contributed by atoms with Gasteiger partial charge in [-0.1, -0.05) is 60.2 Å². The number of hydrogen-bond acceptors (Lipinski definition) is 4. The van der Waals surface area contributed by atoms with Gasteiger partial charge in [0.2, 0.25) is 10.0 Å². The Morgan fingerprint density at radius 3 is 1.84 bits per heavy atom. The van der Waals surface area contributed by atoms with Gasteiger partial charge in [0.05, 0.1) is 19.1 Å². The van der Waals surface area contributed by atoms with Crippen LogP contribution in [-0.4, -0.2) is 29.2 Å². The second-order valence-corrected chi connectivity index (χ2v) is 9.38. The molecular formula is C26H29NO4S. The standard InChI is InChI=1S/C26H29NO4S/c1-5-18-26(22-10-6-8-12-24(22)30-3,23-11-7-9-13-25(23)31-4)19-27-32(28,29)21-16-14-20(2)15-17-21/h5-17,27H,1,18-19H2,2-4H3. The molecule has 0 saturated heterocycles. The maximum atomic E-state index is 13.2. The molecule has 0 aromatic heterocycles. The number of methoxy groups -OCH3 is 2. The van der Waals surface area contributed by atoms with Crippen LogP contribution in [0, 0.1) is 6.92 Å². The molecule has 32 heavy (non-hydrogen) atoms. The number of benzene rings is 3. The van der Waals surface area contributed by atoms with E-state index in [1.807, 2.05) is 55.5 Å². The second kappa shape index (κ2) is 10.0. The molecule has 0 bridgehead atoms. The predicted octanol–water partition coefficient (Wildman–Crippen LogP) is 4.85. The number of aryl methyl sites for hydroxylation is 1. The predicted molar refractivity (Wildman–Crippen MR) is 128 cm³/mol. The summed E-state index contributed by atoms with van der Waals surface area (Å²) in [6.07, 6.45) is 2.25. The van der Waals surface area contributed by atoms with Gasteiger partial charge in [-0.3, -0.25) is 0 Å². The van der Waals surface area contributed by atoms with Crippen LogP contribution in [0.25, 0.3) is 0 Å². The van der Waals surface area contributed by atoms with E-state index in [2.05, 4.69) is 11.3 Å². The number of para-hydroxylation sites is 2. The Morgan fingerprint density at radius 2 is 1.38 bits per heavy atom. The Labute approximate surface area is 190 Å². The van der Waals surface area contributed by atoms with E-state index in [9.17, 15) is 8.42 Å². The molecule has 3 aromatic carbocycles. The SMILES string of the molecule is C=CCC(CNS(=O)(=O)c1ccc(C)cc1)(c1ccccc1OC)c1ccccc1OC. The lowest BCUT2D eigenvalue weighted by Gasteiger charge is -2.36. The van der Waals surface area contributed by atoms with Crippen LogP contribution < -0.4 is 14.2 Å². The van der Waals surface area contributed by atoms with Gasteiger partial charge in [-0.05, 0) is 37.6 Å². The van der Waals surface area contributed by atoms with Crippen molar-refractivity contribution in [2.45, 2.75) is 23.7 Å². The summed E-state index contributed by atoms with van der Waals surface area (Å²) in [6, 6.07) is 22.0. The van der Waals surface area contributed by atoms with Crippen molar-refractivity contribution in [2.24, 2.45) is 0 Å². The smallest absolute Gasteiger partial charge is 0.240 e. The quantitative estimate of drug-likeness (QED) is 0.448. The summed E-state index contributed by atoms with van der Waals surface area (Å²) in [5.41, 5.74) is 1.88. The first kappa shape index (κ1) is 23.6. The van der Waals surface area contributed by atoms with Crippen LogP contribution in [0.3, 0.4) is 0 Å². The van der Waals surface area contributed by atoms with Gasteiger partial charge in [-0.15, -0.1) is 6.58 Å². The normalized spacial score (nSPS) is 11.7. The molecule has 3 rings (SSSR count). The number of sulfonamides is 1. The lowest BCUT2D eigenvalue weighted by molar-refractivity contribution is 0.374. The summed E-state index contributed by atoms with van der Waals surface area (Å²) in [5, 5.41) is 0. The van der Waals surface area contributed by atoms with Crippen molar-refractivity contribution in [2.75, 3.05) is 20.8 Å². The molecule has 0 amide bonds. The minimum absolute atomic E-state index is 0.0932. The van der Waals surface area contributed by atoms with Crippen molar-refractivity contribution in [3.63, 3.8) is 0 Å². The Kier molecular flexibility index (Phi) is 7.38. The summed E-state index contributed by atoms with van der Waals surface area (Å²) in [6.45, 7) is 5.97. The van der Waals surface area contributed by atoms with Crippen LogP contribution in [0.15, 0.2) is 90.3 Å². The third-order valence-electron chi connectivity index (χ3n) is 5.63. The summed E-state index contributed by atoms with van der Waals surface area (Å²) in [4.78, 5) is 0.218. The molecule has 3 aromatic rings. The van der Waals surface area contributed by atoms with Gasteiger partial charge in [-0.25, -0.2) is 13.1 Å². The van der Waals surface area contributed by atoms with E-state index in [0.29, 0.717) is 17.9 Å². The molecule has 0 aliphatic heterocycles. The van der Waals surface area contributed by atoms with Crippen molar-refractivity contribution in [1.29, 1.82) is 0 Å². The Hall–Kier alpha value is -3.09. The first-order chi connectivity index (χ1) is 15.4. The molecule has 0 radical (unpaired) electrons. The van der Waals surface area contributed by atoms with Gasteiger partial charge in [0, 0.05) is 23.1 Å². The minimum Gasteiger partial charge on any atom is -0.496 e. The monoisotopic (exact) mass is 451 g/mol. The molecule has 0 heterocycles. The average molecular weight is 452 g/mol. The molecule has 6 heteroatoms. The largest absolute Gasteiger partial charge is 0.496 e. The van der Waals surface area contributed by atoms with Gasteiger partial charge < -0.3 is 9.47 Å². The number of ether oxygens (including phenoxy) is 2. The van der Waals surface area contributed by atoms with Crippen molar-refractivity contribution in [3.8, 4) is 11.5 Å². The highest BCUT2D eigenvalue weighted by Crippen LogP contribution is 2.44. The maximum Gasteiger partial charge on any atom is 0.240 e. The van der Waals surface area contributed by atoms with E-state index in [4.69, 9.17) is 9.47 Å². The molecule has 1 N–H and O–H groups in total. The minimum atomic E-state index is -3.75. The van der Waals surface area contributed by atoms with Crippen LogP contribution in [0.2, 0.25) is 0 Å². The first-order valence-corrected chi connectivity index (χ1v) is 11.8. The van der Waals surface area contributed by atoms with E-state index in [1.165, 1.54) is 0 Å². The van der Waals surface area contributed by atoms with Crippen LogP contribution in [0.4, 0.5) is 0 Å². The third kappa shape index (κ3) is 4.71. The van der Waals surface area contributed by atoms with E-state index in [0.717, 1.165) is 16.7 Å². The van der Waals surface area contributed by atoms with Crippen molar-refractivity contribution >= 4 is 10.0 Å². The lowest BCUT2D eigenvalue weighted by Crippen LogP contribution is -2.42. The van der Waals surface area contributed by atoms with Crippen molar-refractivity contribution < 1.29 is 17.9 Å². The zero-order valence-corrected chi connectivity index (χ0v) is 19.5. The Morgan fingerprint density at radius 1 is 0.875 bits per heavy atom. The van der Waals surface area contributed by atoms with Gasteiger partial charge in [0.1, 0.15) is 11.5 Å². The molecule has 0 saturated carbocycles. The fourth-order valence-electron chi connectivity index (χ4n) is 3.97. The molecule has 0 spiro atoms. The molecule has 0 aliphatic carbocycles. The summed E-state index contributed by atoms with van der Waals surface area (Å²) in [7, 11) is -0.535. The molecule has 0 fully saturated rings. The topological polar surface area (TPSA) is 64.6 Å². The van der Waals surface area contributed by atoms with Gasteiger partial charge in [0.25, 0.3) is 0 Å². The van der Waals surface area contributed by atoms with E-state index >= 15 is 0 Å². The summed E-state index contributed by atoms with van der Waals surface area (Å²) in [5.74, 6) is 1.32. The van der Waals surface area contributed by atoms with Crippen molar-refractivity contribution in [3.05, 3.63) is 102 Å². The Balaban J connectivity index is 2.17. The molecular weight excluding hydrogens is 422 g/mol. The second-order valence-electron chi connectivity index (χ2n) is 7.61. The van der Waals surface area contributed by atoms with Crippen LogP contribution in [0.5, 0.6) is 11.5 Å². The summed E-state index contributed by atoms with van der Waals surface area (Å²) < 4.78 is 40.5. The first-order valence-electron chi connectivity index (χ1n) is 10.3.